The second kappa shape index (κ2) is 3.42. The zero-order valence-corrected chi connectivity index (χ0v) is 7.29. The van der Waals surface area contributed by atoms with Crippen LogP contribution in [-0.2, 0) is 0 Å². The first-order valence-corrected chi connectivity index (χ1v) is 4.74. The minimum atomic E-state index is 0.352. The van der Waals surface area contributed by atoms with Crippen LogP contribution in [0, 0.1) is 17.2 Å². The summed E-state index contributed by atoms with van der Waals surface area (Å²) >= 11 is 0. The minimum Gasteiger partial charge on any atom is -0.314 e. The highest BCUT2D eigenvalue weighted by Gasteiger charge is 2.33. The molecular formula is C9H15N3. The van der Waals surface area contributed by atoms with Crippen LogP contribution in [0.2, 0.25) is 0 Å². The highest BCUT2D eigenvalue weighted by atomic mass is 15.2. The molecule has 0 aromatic heterocycles. The molecule has 0 spiro atoms. The fourth-order valence-corrected chi connectivity index (χ4v) is 2.04. The molecule has 1 aliphatic heterocycles. The standard InChI is InChI=1S/C9H15N3/c10-7-8-5-9(6-8)12-3-1-11-2-4-12/h8-9,11H,1-6H2. The van der Waals surface area contributed by atoms with Gasteiger partial charge in [0.25, 0.3) is 0 Å². The Morgan fingerprint density at radius 3 is 2.50 bits per heavy atom. The van der Waals surface area contributed by atoms with Crippen LogP contribution in [0.4, 0.5) is 0 Å². The molecule has 2 rings (SSSR count). The Morgan fingerprint density at radius 1 is 1.25 bits per heavy atom. The summed E-state index contributed by atoms with van der Waals surface area (Å²) < 4.78 is 0. The highest BCUT2D eigenvalue weighted by molar-refractivity contribution is 4.98. The van der Waals surface area contributed by atoms with Crippen LogP contribution >= 0.6 is 0 Å². The van der Waals surface area contributed by atoms with Crippen molar-refractivity contribution in [3.8, 4) is 6.07 Å². The van der Waals surface area contributed by atoms with Gasteiger partial charge in [-0.25, -0.2) is 0 Å². The van der Waals surface area contributed by atoms with Crippen LogP contribution in [0.25, 0.3) is 0 Å². The van der Waals surface area contributed by atoms with E-state index in [4.69, 9.17) is 5.26 Å². The number of nitriles is 1. The molecule has 0 bridgehead atoms. The van der Waals surface area contributed by atoms with E-state index in [1.807, 2.05) is 0 Å². The molecule has 0 aromatic carbocycles. The lowest BCUT2D eigenvalue weighted by Gasteiger charge is -2.42. The van der Waals surface area contributed by atoms with Gasteiger partial charge in [0.2, 0.25) is 0 Å². The fraction of sp³-hybridized carbons (Fsp3) is 0.889. The lowest BCUT2D eigenvalue weighted by molar-refractivity contribution is 0.0881. The van der Waals surface area contributed by atoms with Crippen molar-refractivity contribution >= 4 is 0 Å². The van der Waals surface area contributed by atoms with Gasteiger partial charge in [0.15, 0.2) is 0 Å². The number of piperazine rings is 1. The first-order chi connectivity index (χ1) is 5.90. The van der Waals surface area contributed by atoms with Gasteiger partial charge in [-0.3, -0.25) is 4.90 Å². The Balaban J connectivity index is 1.76. The van der Waals surface area contributed by atoms with E-state index in [1.165, 1.54) is 13.1 Å². The number of rotatable bonds is 1. The van der Waals surface area contributed by atoms with E-state index in [0.29, 0.717) is 5.92 Å². The number of hydrogen-bond acceptors (Lipinski definition) is 3. The minimum absolute atomic E-state index is 0.352. The second-order valence-electron chi connectivity index (χ2n) is 3.74. The summed E-state index contributed by atoms with van der Waals surface area (Å²) in [7, 11) is 0. The van der Waals surface area contributed by atoms with Crippen molar-refractivity contribution in [2.45, 2.75) is 18.9 Å². The van der Waals surface area contributed by atoms with Crippen molar-refractivity contribution in [2.24, 2.45) is 5.92 Å². The lowest BCUT2D eigenvalue weighted by Crippen LogP contribution is -2.52. The molecule has 0 unspecified atom stereocenters. The number of nitrogens with zero attached hydrogens (tertiary/aromatic N) is 2. The Kier molecular flexibility index (Phi) is 2.29. The molecule has 1 heterocycles. The summed E-state index contributed by atoms with van der Waals surface area (Å²) in [6.07, 6.45) is 2.22. The molecule has 3 heteroatoms. The van der Waals surface area contributed by atoms with E-state index in [1.54, 1.807) is 0 Å². The third-order valence-electron chi connectivity index (χ3n) is 2.96. The normalized spacial score (nSPS) is 36.9. The van der Waals surface area contributed by atoms with Gasteiger partial charge >= 0.3 is 0 Å². The van der Waals surface area contributed by atoms with Gasteiger partial charge in [-0.1, -0.05) is 0 Å². The second-order valence-corrected chi connectivity index (χ2v) is 3.74. The van der Waals surface area contributed by atoms with Crippen molar-refractivity contribution in [1.29, 1.82) is 5.26 Å². The molecule has 0 atom stereocenters. The molecule has 0 amide bonds. The van der Waals surface area contributed by atoms with Gasteiger partial charge in [-0.2, -0.15) is 5.26 Å². The number of hydrogen-bond donors (Lipinski definition) is 1. The van der Waals surface area contributed by atoms with E-state index in [0.717, 1.165) is 32.0 Å². The molecule has 2 fully saturated rings. The van der Waals surface area contributed by atoms with E-state index >= 15 is 0 Å². The van der Waals surface area contributed by atoms with Crippen molar-refractivity contribution < 1.29 is 0 Å². The molecule has 0 aromatic rings. The van der Waals surface area contributed by atoms with Gasteiger partial charge in [-0.15, -0.1) is 0 Å². The van der Waals surface area contributed by atoms with Crippen LogP contribution in [-0.4, -0.2) is 37.1 Å². The average Bonchev–Trinajstić information content (AvgIpc) is 2.04. The quantitative estimate of drug-likeness (QED) is 0.603. The molecule has 2 aliphatic rings. The Labute approximate surface area is 73.3 Å². The molecule has 1 N–H and O–H groups in total. The maximum absolute atomic E-state index is 8.62. The van der Waals surface area contributed by atoms with E-state index in [2.05, 4.69) is 16.3 Å². The molecule has 3 nitrogen and oxygen atoms in total. The fourth-order valence-electron chi connectivity index (χ4n) is 2.04. The third kappa shape index (κ3) is 1.45. The summed E-state index contributed by atoms with van der Waals surface area (Å²) in [6, 6.07) is 3.05. The summed E-state index contributed by atoms with van der Waals surface area (Å²) in [6.45, 7) is 4.58. The average molecular weight is 165 g/mol. The van der Waals surface area contributed by atoms with Gasteiger partial charge in [-0.05, 0) is 12.8 Å². The SMILES string of the molecule is N#CC1CC(N2CCNCC2)C1. The van der Waals surface area contributed by atoms with Crippen LogP contribution in [0.15, 0.2) is 0 Å². The molecule has 1 saturated carbocycles. The maximum Gasteiger partial charge on any atom is 0.0657 e. The molecular weight excluding hydrogens is 150 g/mol. The maximum atomic E-state index is 8.62. The summed E-state index contributed by atoms with van der Waals surface area (Å²) in [5.74, 6) is 0.352. The van der Waals surface area contributed by atoms with E-state index in [9.17, 15) is 0 Å². The van der Waals surface area contributed by atoms with E-state index in [-0.39, 0.29) is 0 Å². The predicted molar refractivity (Wildman–Crippen MR) is 46.6 cm³/mol. The van der Waals surface area contributed by atoms with Crippen molar-refractivity contribution in [3.05, 3.63) is 0 Å². The van der Waals surface area contributed by atoms with Gasteiger partial charge in [0.1, 0.15) is 0 Å². The topological polar surface area (TPSA) is 39.1 Å². The van der Waals surface area contributed by atoms with Crippen LogP contribution in [0.1, 0.15) is 12.8 Å². The van der Waals surface area contributed by atoms with Crippen LogP contribution < -0.4 is 5.32 Å². The first-order valence-electron chi connectivity index (χ1n) is 4.74. The highest BCUT2D eigenvalue weighted by Crippen LogP contribution is 2.30. The van der Waals surface area contributed by atoms with E-state index < -0.39 is 0 Å². The predicted octanol–water partition coefficient (Wildman–Crippen LogP) is 0.194. The van der Waals surface area contributed by atoms with Crippen LogP contribution in [0.3, 0.4) is 0 Å². The van der Waals surface area contributed by atoms with Gasteiger partial charge < -0.3 is 5.32 Å². The van der Waals surface area contributed by atoms with Crippen molar-refractivity contribution in [2.75, 3.05) is 26.2 Å². The van der Waals surface area contributed by atoms with Gasteiger partial charge in [0, 0.05) is 38.1 Å². The molecule has 12 heavy (non-hydrogen) atoms. The lowest BCUT2D eigenvalue weighted by atomic mass is 9.80. The third-order valence-corrected chi connectivity index (χ3v) is 2.96. The molecule has 1 aliphatic carbocycles. The van der Waals surface area contributed by atoms with Gasteiger partial charge in [0.05, 0.1) is 6.07 Å². The Hall–Kier alpha value is -0.590. The summed E-state index contributed by atoms with van der Waals surface area (Å²) in [5, 5.41) is 12.0. The summed E-state index contributed by atoms with van der Waals surface area (Å²) in [4.78, 5) is 2.52. The molecule has 1 saturated heterocycles. The zero-order valence-electron chi connectivity index (χ0n) is 7.29. The number of nitrogens with one attached hydrogen (secondary N) is 1. The van der Waals surface area contributed by atoms with Crippen LogP contribution in [0.5, 0.6) is 0 Å². The zero-order chi connectivity index (χ0) is 8.39. The monoisotopic (exact) mass is 165 g/mol. The van der Waals surface area contributed by atoms with Crippen molar-refractivity contribution in [1.82, 2.24) is 10.2 Å². The molecule has 66 valence electrons. The van der Waals surface area contributed by atoms with Crippen molar-refractivity contribution in [3.63, 3.8) is 0 Å². The first kappa shape index (κ1) is 8.03. The Bertz CT molecular complexity index is 184. The Morgan fingerprint density at radius 2 is 1.92 bits per heavy atom. The molecule has 0 radical (unpaired) electrons. The summed E-state index contributed by atoms with van der Waals surface area (Å²) in [5.41, 5.74) is 0. The smallest absolute Gasteiger partial charge is 0.0657 e. The largest absolute Gasteiger partial charge is 0.314 e.